The lowest BCUT2D eigenvalue weighted by molar-refractivity contribution is 0.183. The first-order chi connectivity index (χ1) is 7.20. The zero-order valence-corrected chi connectivity index (χ0v) is 9.45. The van der Waals surface area contributed by atoms with Gasteiger partial charge in [-0.1, -0.05) is 50.1 Å². The molecular formula is C13H21NO. The highest BCUT2D eigenvalue weighted by Gasteiger charge is 2.23. The second kappa shape index (κ2) is 5.89. The van der Waals surface area contributed by atoms with Crippen molar-refractivity contribution in [3.8, 4) is 0 Å². The van der Waals surface area contributed by atoms with Crippen molar-refractivity contribution in [2.75, 3.05) is 6.61 Å². The Labute approximate surface area is 92.1 Å². The van der Waals surface area contributed by atoms with Gasteiger partial charge in [0.05, 0.1) is 6.61 Å². The van der Waals surface area contributed by atoms with Gasteiger partial charge in [0.1, 0.15) is 0 Å². The topological polar surface area (TPSA) is 46.2 Å². The SMILES string of the molecule is CCCC[C@](N)(CO)Cc1ccccc1. The highest BCUT2D eigenvalue weighted by Crippen LogP contribution is 2.17. The molecule has 0 spiro atoms. The average molecular weight is 207 g/mol. The van der Waals surface area contributed by atoms with Crippen LogP contribution in [0, 0.1) is 0 Å². The Balaban J connectivity index is 2.59. The number of unbranched alkanes of at least 4 members (excludes halogenated alkanes) is 1. The van der Waals surface area contributed by atoms with Crippen molar-refractivity contribution in [2.45, 2.75) is 38.1 Å². The maximum absolute atomic E-state index is 9.35. The Bertz CT molecular complexity index is 273. The van der Waals surface area contributed by atoms with Gasteiger partial charge in [-0.25, -0.2) is 0 Å². The summed E-state index contributed by atoms with van der Waals surface area (Å²) in [7, 11) is 0. The lowest BCUT2D eigenvalue weighted by Gasteiger charge is -2.27. The van der Waals surface area contributed by atoms with Crippen molar-refractivity contribution >= 4 is 0 Å². The van der Waals surface area contributed by atoms with Crippen molar-refractivity contribution in [1.29, 1.82) is 0 Å². The molecule has 84 valence electrons. The van der Waals surface area contributed by atoms with E-state index in [1.54, 1.807) is 0 Å². The van der Waals surface area contributed by atoms with Crippen LogP contribution in [0.4, 0.5) is 0 Å². The van der Waals surface area contributed by atoms with Crippen LogP contribution in [0.15, 0.2) is 30.3 Å². The lowest BCUT2D eigenvalue weighted by atomic mass is 9.88. The summed E-state index contributed by atoms with van der Waals surface area (Å²) in [5, 5.41) is 9.35. The standard InChI is InChI=1S/C13H21NO/c1-2-3-9-13(14,11-15)10-12-7-5-4-6-8-12/h4-8,15H,2-3,9-11,14H2,1H3/t13-/m1/s1. The largest absolute Gasteiger partial charge is 0.394 e. The number of hydrogen-bond donors (Lipinski definition) is 2. The Kier molecular flexibility index (Phi) is 4.79. The van der Waals surface area contributed by atoms with Gasteiger partial charge in [0.2, 0.25) is 0 Å². The van der Waals surface area contributed by atoms with Crippen molar-refractivity contribution in [1.82, 2.24) is 0 Å². The number of nitrogens with two attached hydrogens (primary N) is 1. The fourth-order valence-electron chi connectivity index (χ4n) is 1.75. The molecule has 0 bridgehead atoms. The van der Waals surface area contributed by atoms with E-state index in [9.17, 15) is 5.11 Å². The molecular weight excluding hydrogens is 186 g/mol. The van der Waals surface area contributed by atoms with E-state index >= 15 is 0 Å². The van der Waals surface area contributed by atoms with Crippen LogP contribution < -0.4 is 5.73 Å². The first kappa shape index (κ1) is 12.2. The first-order valence-corrected chi connectivity index (χ1v) is 5.64. The van der Waals surface area contributed by atoms with Gasteiger partial charge >= 0.3 is 0 Å². The number of benzene rings is 1. The molecule has 0 amide bonds. The normalized spacial score (nSPS) is 14.9. The van der Waals surface area contributed by atoms with Gasteiger partial charge in [-0.2, -0.15) is 0 Å². The average Bonchev–Trinajstić information content (AvgIpc) is 2.28. The predicted octanol–water partition coefficient (Wildman–Crippen LogP) is 2.11. The van der Waals surface area contributed by atoms with E-state index in [4.69, 9.17) is 5.73 Å². The van der Waals surface area contributed by atoms with Crippen molar-refractivity contribution in [2.24, 2.45) is 5.73 Å². The number of aliphatic hydroxyl groups excluding tert-OH is 1. The molecule has 0 saturated carbocycles. The molecule has 1 aromatic carbocycles. The first-order valence-electron chi connectivity index (χ1n) is 5.64. The molecule has 3 N–H and O–H groups in total. The zero-order chi connectivity index (χ0) is 11.1. The van der Waals surface area contributed by atoms with Gasteiger partial charge in [0.15, 0.2) is 0 Å². The summed E-state index contributed by atoms with van der Waals surface area (Å²) in [6.07, 6.45) is 3.83. The number of hydrogen-bond acceptors (Lipinski definition) is 2. The second-order valence-electron chi connectivity index (χ2n) is 4.29. The maximum atomic E-state index is 9.35. The summed E-state index contributed by atoms with van der Waals surface area (Å²) in [4.78, 5) is 0. The Morgan fingerprint density at radius 2 is 1.93 bits per heavy atom. The Hall–Kier alpha value is -0.860. The second-order valence-corrected chi connectivity index (χ2v) is 4.29. The molecule has 2 heteroatoms. The quantitative estimate of drug-likeness (QED) is 0.750. The van der Waals surface area contributed by atoms with Crippen LogP contribution in [0.3, 0.4) is 0 Å². The van der Waals surface area contributed by atoms with Crippen LogP contribution in [0.25, 0.3) is 0 Å². The van der Waals surface area contributed by atoms with E-state index < -0.39 is 5.54 Å². The van der Waals surface area contributed by atoms with E-state index in [0.717, 1.165) is 25.7 Å². The van der Waals surface area contributed by atoms with Gasteiger partial charge in [0, 0.05) is 5.54 Å². The molecule has 0 aromatic heterocycles. The smallest absolute Gasteiger partial charge is 0.0614 e. The molecule has 0 saturated heterocycles. The van der Waals surface area contributed by atoms with Crippen LogP contribution in [0.1, 0.15) is 31.7 Å². The summed E-state index contributed by atoms with van der Waals surface area (Å²) in [5.41, 5.74) is 6.92. The molecule has 0 fully saturated rings. The van der Waals surface area contributed by atoms with Crippen LogP contribution in [-0.2, 0) is 6.42 Å². The minimum atomic E-state index is -0.447. The van der Waals surface area contributed by atoms with Crippen molar-refractivity contribution in [3.05, 3.63) is 35.9 Å². The van der Waals surface area contributed by atoms with Crippen LogP contribution in [0.5, 0.6) is 0 Å². The third kappa shape index (κ3) is 4.02. The Morgan fingerprint density at radius 1 is 1.27 bits per heavy atom. The van der Waals surface area contributed by atoms with Gasteiger partial charge in [-0.05, 0) is 18.4 Å². The summed E-state index contributed by atoms with van der Waals surface area (Å²) < 4.78 is 0. The summed E-state index contributed by atoms with van der Waals surface area (Å²) in [6.45, 7) is 2.20. The molecule has 15 heavy (non-hydrogen) atoms. The molecule has 2 nitrogen and oxygen atoms in total. The molecule has 1 atom stereocenters. The van der Waals surface area contributed by atoms with E-state index in [0.29, 0.717) is 0 Å². The lowest BCUT2D eigenvalue weighted by Crippen LogP contribution is -2.45. The molecule has 1 aromatic rings. The molecule has 0 aliphatic rings. The van der Waals surface area contributed by atoms with Gasteiger partial charge in [-0.3, -0.25) is 0 Å². The van der Waals surface area contributed by atoms with E-state index in [2.05, 4.69) is 19.1 Å². The fraction of sp³-hybridized carbons (Fsp3) is 0.538. The third-order valence-electron chi connectivity index (χ3n) is 2.74. The summed E-state index contributed by atoms with van der Waals surface area (Å²) in [6, 6.07) is 10.1. The van der Waals surface area contributed by atoms with Crippen LogP contribution >= 0.6 is 0 Å². The monoisotopic (exact) mass is 207 g/mol. The van der Waals surface area contributed by atoms with E-state index in [-0.39, 0.29) is 6.61 Å². The highest BCUT2D eigenvalue weighted by molar-refractivity contribution is 5.17. The van der Waals surface area contributed by atoms with Crippen molar-refractivity contribution in [3.63, 3.8) is 0 Å². The van der Waals surface area contributed by atoms with E-state index in [1.807, 2.05) is 18.2 Å². The summed E-state index contributed by atoms with van der Waals surface area (Å²) in [5.74, 6) is 0. The molecule has 0 heterocycles. The maximum Gasteiger partial charge on any atom is 0.0614 e. The molecule has 0 radical (unpaired) electrons. The fourth-order valence-corrected chi connectivity index (χ4v) is 1.75. The summed E-state index contributed by atoms with van der Waals surface area (Å²) >= 11 is 0. The zero-order valence-electron chi connectivity index (χ0n) is 9.45. The number of aliphatic hydroxyl groups is 1. The van der Waals surface area contributed by atoms with Gasteiger partial charge in [0.25, 0.3) is 0 Å². The molecule has 0 aliphatic heterocycles. The minimum absolute atomic E-state index is 0.0574. The van der Waals surface area contributed by atoms with Gasteiger partial charge in [-0.15, -0.1) is 0 Å². The minimum Gasteiger partial charge on any atom is -0.394 e. The van der Waals surface area contributed by atoms with E-state index in [1.165, 1.54) is 5.56 Å². The Morgan fingerprint density at radius 3 is 2.47 bits per heavy atom. The van der Waals surface area contributed by atoms with Crippen LogP contribution in [0.2, 0.25) is 0 Å². The van der Waals surface area contributed by atoms with Crippen LogP contribution in [-0.4, -0.2) is 17.3 Å². The molecule has 0 unspecified atom stereocenters. The predicted molar refractivity (Wildman–Crippen MR) is 63.7 cm³/mol. The third-order valence-corrected chi connectivity index (χ3v) is 2.74. The highest BCUT2D eigenvalue weighted by atomic mass is 16.3. The van der Waals surface area contributed by atoms with Gasteiger partial charge < -0.3 is 10.8 Å². The number of rotatable bonds is 6. The van der Waals surface area contributed by atoms with Crippen molar-refractivity contribution < 1.29 is 5.11 Å². The molecule has 0 aliphatic carbocycles. The molecule has 1 rings (SSSR count).